The smallest absolute Gasteiger partial charge is 0.0311 e. The maximum atomic E-state index is 2.53. The van der Waals surface area contributed by atoms with E-state index in [-0.39, 0.29) is 0 Å². The topological polar surface area (TPSA) is 0 Å². The van der Waals surface area contributed by atoms with Crippen LogP contribution in [-0.2, 0) is 0 Å². The first-order valence-electron chi connectivity index (χ1n) is 9.19. The molecular formula is C20H40. The molecule has 0 heteroatoms. The van der Waals surface area contributed by atoms with Crippen LogP contribution in [0, 0.1) is 28.6 Å². The van der Waals surface area contributed by atoms with Gasteiger partial charge in [-0.1, -0.05) is 80.6 Å². The van der Waals surface area contributed by atoms with Crippen molar-refractivity contribution in [3.8, 4) is 0 Å². The first-order valence-corrected chi connectivity index (χ1v) is 9.19. The molecule has 0 heterocycles. The predicted octanol–water partition coefficient (Wildman–Crippen LogP) is 7.08. The molecule has 3 atom stereocenters. The Labute approximate surface area is 129 Å². The molecular weight excluding hydrogens is 240 g/mol. The van der Waals surface area contributed by atoms with Gasteiger partial charge in [0.2, 0.25) is 0 Å². The first kappa shape index (κ1) is 18.1. The van der Waals surface area contributed by atoms with Gasteiger partial charge in [-0.2, -0.15) is 0 Å². The molecule has 1 aliphatic carbocycles. The van der Waals surface area contributed by atoms with E-state index in [0.29, 0.717) is 10.8 Å². The van der Waals surface area contributed by atoms with E-state index < -0.39 is 0 Å². The Hall–Kier alpha value is 0. The van der Waals surface area contributed by atoms with Gasteiger partial charge in [0, 0.05) is 0 Å². The average Bonchev–Trinajstić information content (AvgIpc) is 2.37. The van der Waals surface area contributed by atoms with Crippen molar-refractivity contribution in [2.24, 2.45) is 28.6 Å². The van der Waals surface area contributed by atoms with Crippen LogP contribution in [0.2, 0.25) is 0 Å². The van der Waals surface area contributed by atoms with Gasteiger partial charge in [-0.3, -0.25) is 0 Å². The van der Waals surface area contributed by atoms with E-state index in [0.717, 1.165) is 17.8 Å². The zero-order valence-corrected chi connectivity index (χ0v) is 15.4. The maximum absolute atomic E-state index is 2.53. The van der Waals surface area contributed by atoms with E-state index in [9.17, 15) is 0 Å². The van der Waals surface area contributed by atoms with Crippen molar-refractivity contribution >= 4 is 0 Å². The Morgan fingerprint density at radius 2 is 1.50 bits per heavy atom. The lowest BCUT2D eigenvalue weighted by Gasteiger charge is -2.42. The lowest BCUT2D eigenvalue weighted by molar-refractivity contribution is 0.0696. The summed E-state index contributed by atoms with van der Waals surface area (Å²) in [7, 11) is 0. The van der Waals surface area contributed by atoms with Gasteiger partial charge in [0.25, 0.3) is 0 Å². The molecule has 0 bridgehead atoms. The fourth-order valence-electron chi connectivity index (χ4n) is 4.69. The minimum atomic E-state index is 0.497. The molecule has 1 aliphatic rings. The third kappa shape index (κ3) is 5.08. The van der Waals surface area contributed by atoms with E-state index >= 15 is 0 Å². The molecule has 0 radical (unpaired) electrons. The highest BCUT2D eigenvalue weighted by Crippen LogP contribution is 2.45. The van der Waals surface area contributed by atoms with Gasteiger partial charge in [0.05, 0.1) is 0 Å². The molecule has 0 aromatic carbocycles. The van der Waals surface area contributed by atoms with Gasteiger partial charge in [-0.25, -0.2) is 0 Å². The van der Waals surface area contributed by atoms with Crippen molar-refractivity contribution < 1.29 is 0 Å². The summed E-state index contributed by atoms with van der Waals surface area (Å²) < 4.78 is 0. The quantitative estimate of drug-likeness (QED) is 0.507. The van der Waals surface area contributed by atoms with Crippen LogP contribution in [0.1, 0.15) is 99.8 Å². The Bertz CT molecular complexity index is 274. The van der Waals surface area contributed by atoms with Crippen LogP contribution in [0.3, 0.4) is 0 Å². The van der Waals surface area contributed by atoms with E-state index in [1.807, 2.05) is 0 Å². The monoisotopic (exact) mass is 280 g/mol. The van der Waals surface area contributed by atoms with E-state index in [4.69, 9.17) is 0 Å². The SMILES string of the molecule is CCC(C)(C)C1C(C)CCCCCC(C)(C)CCC1C. The Morgan fingerprint density at radius 3 is 2.10 bits per heavy atom. The third-order valence-electron chi connectivity index (χ3n) is 6.33. The number of rotatable bonds is 2. The van der Waals surface area contributed by atoms with Crippen molar-refractivity contribution in [2.45, 2.75) is 99.8 Å². The predicted molar refractivity (Wildman–Crippen MR) is 92.0 cm³/mol. The molecule has 0 aliphatic heterocycles. The lowest BCUT2D eigenvalue weighted by atomic mass is 9.63. The number of hydrogen-bond donors (Lipinski definition) is 0. The van der Waals surface area contributed by atoms with Crippen molar-refractivity contribution in [1.82, 2.24) is 0 Å². The Kier molecular flexibility index (Phi) is 6.61. The van der Waals surface area contributed by atoms with E-state index in [2.05, 4.69) is 48.5 Å². The second-order valence-electron chi connectivity index (χ2n) is 9.12. The molecule has 1 fully saturated rings. The van der Waals surface area contributed by atoms with Gasteiger partial charge in [-0.15, -0.1) is 0 Å². The minimum Gasteiger partial charge on any atom is -0.0649 e. The van der Waals surface area contributed by atoms with Gasteiger partial charge >= 0.3 is 0 Å². The summed E-state index contributed by atoms with van der Waals surface area (Å²) in [6, 6.07) is 0. The fourth-order valence-corrected chi connectivity index (χ4v) is 4.69. The summed E-state index contributed by atoms with van der Waals surface area (Å²) in [5.41, 5.74) is 1.06. The fraction of sp³-hybridized carbons (Fsp3) is 1.00. The lowest BCUT2D eigenvalue weighted by Crippen LogP contribution is -2.34. The Morgan fingerprint density at radius 1 is 0.900 bits per heavy atom. The molecule has 0 saturated heterocycles. The summed E-state index contributed by atoms with van der Waals surface area (Å²) in [5.74, 6) is 2.65. The third-order valence-corrected chi connectivity index (χ3v) is 6.33. The number of hydrogen-bond acceptors (Lipinski definition) is 0. The van der Waals surface area contributed by atoms with Crippen LogP contribution in [0.25, 0.3) is 0 Å². The normalized spacial score (nSPS) is 33.5. The van der Waals surface area contributed by atoms with Crippen LogP contribution in [-0.4, -0.2) is 0 Å². The van der Waals surface area contributed by atoms with E-state index in [1.165, 1.54) is 51.4 Å². The molecule has 3 unspecified atom stereocenters. The average molecular weight is 281 g/mol. The summed E-state index contributed by atoms with van der Waals surface area (Å²) in [4.78, 5) is 0. The highest BCUT2D eigenvalue weighted by molar-refractivity contribution is 4.86. The first-order chi connectivity index (χ1) is 9.19. The molecule has 0 aromatic rings. The second kappa shape index (κ2) is 7.32. The molecule has 0 nitrogen and oxygen atoms in total. The molecule has 0 spiro atoms. The van der Waals surface area contributed by atoms with Crippen molar-refractivity contribution in [3.05, 3.63) is 0 Å². The van der Waals surface area contributed by atoms with Crippen LogP contribution in [0.15, 0.2) is 0 Å². The van der Waals surface area contributed by atoms with E-state index in [1.54, 1.807) is 0 Å². The summed E-state index contributed by atoms with van der Waals surface area (Å²) in [6.45, 7) is 17.4. The molecule has 0 aromatic heterocycles. The highest BCUT2D eigenvalue weighted by Gasteiger charge is 2.36. The molecule has 1 rings (SSSR count). The summed E-state index contributed by atoms with van der Waals surface area (Å²) in [6.07, 6.45) is 11.4. The molecule has 0 N–H and O–H groups in total. The van der Waals surface area contributed by atoms with Crippen LogP contribution < -0.4 is 0 Å². The maximum Gasteiger partial charge on any atom is -0.0311 e. The van der Waals surface area contributed by atoms with Crippen molar-refractivity contribution in [1.29, 1.82) is 0 Å². The van der Waals surface area contributed by atoms with Gasteiger partial charge in [-0.05, 0) is 47.8 Å². The van der Waals surface area contributed by atoms with Gasteiger partial charge in [0.15, 0.2) is 0 Å². The van der Waals surface area contributed by atoms with Gasteiger partial charge in [0.1, 0.15) is 0 Å². The van der Waals surface area contributed by atoms with Crippen LogP contribution >= 0.6 is 0 Å². The molecule has 1 saturated carbocycles. The summed E-state index contributed by atoms with van der Waals surface area (Å²) in [5, 5.41) is 0. The van der Waals surface area contributed by atoms with Crippen LogP contribution in [0.4, 0.5) is 0 Å². The largest absolute Gasteiger partial charge is 0.0649 e. The molecule has 120 valence electrons. The highest BCUT2D eigenvalue weighted by atomic mass is 14.4. The van der Waals surface area contributed by atoms with Crippen molar-refractivity contribution in [3.63, 3.8) is 0 Å². The van der Waals surface area contributed by atoms with Gasteiger partial charge < -0.3 is 0 Å². The second-order valence-corrected chi connectivity index (χ2v) is 9.12. The summed E-state index contributed by atoms with van der Waals surface area (Å²) >= 11 is 0. The molecule has 20 heavy (non-hydrogen) atoms. The minimum absolute atomic E-state index is 0.497. The van der Waals surface area contributed by atoms with Crippen molar-refractivity contribution in [2.75, 3.05) is 0 Å². The Balaban J connectivity index is 2.88. The zero-order chi connectivity index (χ0) is 15.4. The molecule has 0 amide bonds. The zero-order valence-electron chi connectivity index (χ0n) is 15.4. The van der Waals surface area contributed by atoms with Crippen LogP contribution in [0.5, 0.6) is 0 Å². The standard InChI is InChI=1S/C20H40/c1-8-20(6,7)18-16(2)12-10-9-11-14-19(4,5)15-13-17(18)3/h16-18H,8-15H2,1-7H3.